The molecule has 0 spiro atoms. The van der Waals surface area contributed by atoms with Crippen molar-refractivity contribution in [1.29, 1.82) is 0 Å². The zero-order valence-corrected chi connectivity index (χ0v) is 17.8. The molecule has 154 valence electrons. The van der Waals surface area contributed by atoms with Crippen LogP contribution in [0.2, 0.25) is 0 Å². The zero-order valence-electron chi connectivity index (χ0n) is 17.8. The van der Waals surface area contributed by atoms with E-state index >= 15 is 0 Å². The topological polar surface area (TPSA) is 37.4 Å². The molecule has 1 aromatic carbocycles. The van der Waals surface area contributed by atoms with Gasteiger partial charge in [0.25, 0.3) is 0 Å². The lowest BCUT2D eigenvalue weighted by molar-refractivity contribution is -0.122. The van der Waals surface area contributed by atoms with Gasteiger partial charge in [-0.05, 0) is 92.9 Å². The number of benzene rings is 1. The van der Waals surface area contributed by atoms with Gasteiger partial charge in [0.15, 0.2) is 0 Å². The second-order valence-corrected chi connectivity index (χ2v) is 11.1. The number of fused-ring (bicyclic) bond motifs is 5. The number of hydrogen-bond donors (Lipinski definition) is 0. The van der Waals surface area contributed by atoms with Crippen LogP contribution in [0.5, 0.6) is 0 Å². The van der Waals surface area contributed by atoms with Gasteiger partial charge in [0.05, 0.1) is 17.5 Å². The van der Waals surface area contributed by atoms with Crippen molar-refractivity contribution in [2.45, 2.75) is 46.0 Å². The van der Waals surface area contributed by atoms with Gasteiger partial charge in [-0.25, -0.2) is 4.90 Å². The van der Waals surface area contributed by atoms with Crippen LogP contribution in [-0.4, -0.2) is 11.8 Å². The number of carbonyl (C=O) groups excluding carboxylic acids is 2. The third kappa shape index (κ3) is 2.11. The molecule has 2 amide bonds. The number of imide groups is 1. The second-order valence-electron chi connectivity index (χ2n) is 11.1. The Hall–Kier alpha value is -2.16. The van der Waals surface area contributed by atoms with Crippen molar-refractivity contribution in [3.63, 3.8) is 0 Å². The SMILES string of the molecule is Cc1cc(C)cc(N2C(=O)[C@@H]3[C@H](C2=O)[C@H]2C=C[C@@H]3C2=C2C3CC4CC(C3)CC2C4)c1. The molecule has 6 bridgehead atoms. The van der Waals surface area contributed by atoms with Gasteiger partial charge in [0, 0.05) is 11.8 Å². The van der Waals surface area contributed by atoms with E-state index in [1.54, 1.807) is 5.57 Å². The Labute approximate surface area is 178 Å². The maximum absolute atomic E-state index is 13.6. The van der Waals surface area contributed by atoms with Crippen LogP contribution in [0.4, 0.5) is 5.69 Å². The van der Waals surface area contributed by atoms with Crippen molar-refractivity contribution < 1.29 is 9.59 Å². The van der Waals surface area contributed by atoms with Crippen LogP contribution in [0.25, 0.3) is 0 Å². The molecule has 1 heterocycles. The van der Waals surface area contributed by atoms with Gasteiger partial charge in [-0.2, -0.15) is 0 Å². The first kappa shape index (κ1) is 17.5. The first-order valence-corrected chi connectivity index (χ1v) is 11.9. The summed E-state index contributed by atoms with van der Waals surface area (Å²) < 4.78 is 0. The molecular weight excluding hydrogens is 370 g/mol. The number of rotatable bonds is 1. The highest BCUT2D eigenvalue weighted by Crippen LogP contribution is 2.63. The molecular formula is C27H29NO2. The Morgan fingerprint density at radius 2 is 1.20 bits per heavy atom. The van der Waals surface area contributed by atoms with Crippen LogP contribution in [0.3, 0.4) is 0 Å². The summed E-state index contributed by atoms with van der Waals surface area (Å²) in [6.45, 7) is 4.06. The predicted octanol–water partition coefficient (Wildman–Crippen LogP) is 4.98. The van der Waals surface area contributed by atoms with Gasteiger partial charge < -0.3 is 0 Å². The molecule has 0 N–H and O–H groups in total. The van der Waals surface area contributed by atoms with Crippen molar-refractivity contribution in [1.82, 2.24) is 0 Å². The minimum atomic E-state index is -0.173. The zero-order chi connectivity index (χ0) is 20.3. The summed E-state index contributed by atoms with van der Waals surface area (Å²) in [6, 6.07) is 6.06. The van der Waals surface area contributed by atoms with E-state index in [1.165, 1.54) is 42.6 Å². The molecule has 7 aliphatic rings. The molecule has 1 saturated heterocycles. The smallest absolute Gasteiger partial charge is 0.238 e. The first-order valence-electron chi connectivity index (χ1n) is 11.9. The normalized spacial score (nSPS) is 42.8. The van der Waals surface area contributed by atoms with Crippen molar-refractivity contribution in [2.75, 3.05) is 4.90 Å². The van der Waals surface area contributed by atoms with Gasteiger partial charge in [-0.3, -0.25) is 9.59 Å². The summed E-state index contributed by atoms with van der Waals surface area (Å²) in [6.07, 6.45) is 11.4. The Morgan fingerprint density at radius 3 is 1.70 bits per heavy atom. The molecule has 0 radical (unpaired) electrons. The number of allylic oxidation sites excluding steroid dienone is 4. The highest BCUT2D eigenvalue weighted by Gasteiger charge is 2.63. The molecule has 4 atom stereocenters. The van der Waals surface area contributed by atoms with Crippen LogP contribution in [0.1, 0.15) is 43.2 Å². The molecule has 8 rings (SSSR count). The van der Waals surface area contributed by atoms with E-state index in [0.717, 1.165) is 40.5 Å². The van der Waals surface area contributed by atoms with Crippen molar-refractivity contribution in [3.05, 3.63) is 52.6 Å². The molecule has 6 fully saturated rings. The monoisotopic (exact) mass is 399 g/mol. The minimum Gasteiger partial charge on any atom is -0.274 e. The quantitative estimate of drug-likeness (QED) is 0.493. The van der Waals surface area contributed by atoms with E-state index in [9.17, 15) is 9.59 Å². The number of amides is 2. The minimum absolute atomic E-state index is 0.0359. The van der Waals surface area contributed by atoms with Crippen LogP contribution in [0.15, 0.2) is 41.5 Å². The molecule has 0 aromatic heterocycles. The molecule has 6 aliphatic carbocycles. The average Bonchev–Trinajstić information content (AvgIpc) is 3.30. The lowest BCUT2D eigenvalue weighted by Gasteiger charge is -2.52. The van der Waals surface area contributed by atoms with E-state index < -0.39 is 0 Å². The summed E-state index contributed by atoms with van der Waals surface area (Å²) in [7, 11) is 0. The maximum Gasteiger partial charge on any atom is 0.238 e. The Balaban J connectivity index is 1.29. The summed E-state index contributed by atoms with van der Waals surface area (Å²) in [5.74, 6) is 3.41. The van der Waals surface area contributed by atoms with Crippen LogP contribution in [0, 0.1) is 61.2 Å². The summed E-state index contributed by atoms with van der Waals surface area (Å²) in [5.41, 5.74) is 6.18. The molecule has 1 aliphatic heterocycles. The van der Waals surface area contributed by atoms with Gasteiger partial charge >= 0.3 is 0 Å². The molecule has 3 heteroatoms. The van der Waals surface area contributed by atoms with E-state index in [-0.39, 0.29) is 35.5 Å². The maximum atomic E-state index is 13.6. The van der Waals surface area contributed by atoms with E-state index in [2.05, 4.69) is 18.2 Å². The van der Waals surface area contributed by atoms with Gasteiger partial charge in [0.1, 0.15) is 0 Å². The van der Waals surface area contributed by atoms with E-state index in [4.69, 9.17) is 0 Å². The third-order valence-electron chi connectivity index (χ3n) is 9.23. The number of nitrogens with zero attached hydrogens (tertiary/aromatic N) is 1. The van der Waals surface area contributed by atoms with E-state index in [1.807, 2.05) is 26.0 Å². The standard InChI is InChI=1S/C27H29NO2/c1-13-5-14(2)7-19(6-13)28-26(29)24-20-3-4-21(25(24)27(28)30)23(20)22-17-9-15-8-16(11-17)12-18(22)10-15/h3-7,15-18,20-21,24-25H,8-12H2,1-2H3/t15?,16?,17?,18?,20-,21+,24+,25-. The molecule has 1 aromatic rings. The van der Waals surface area contributed by atoms with Crippen LogP contribution in [-0.2, 0) is 9.59 Å². The van der Waals surface area contributed by atoms with Crippen molar-refractivity contribution in [3.8, 4) is 0 Å². The number of anilines is 1. The predicted molar refractivity (Wildman–Crippen MR) is 116 cm³/mol. The Morgan fingerprint density at radius 1 is 0.700 bits per heavy atom. The number of hydrogen-bond acceptors (Lipinski definition) is 2. The first-order chi connectivity index (χ1) is 14.5. The summed E-state index contributed by atoms with van der Waals surface area (Å²) in [4.78, 5) is 28.7. The molecule has 30 heavy (non-hydrogen) atoms. The van der Waals surface area contributed by atoms with Crippen molar-refractivity contribution >= 4 is 17.5 Å². The fourth-order valence-electron chi connectivity index (χ4n) is 8.65. The largest absolute Gasteiger partial charge is 0.274 e. The highest BCUT2D eigenvalue weighted by atomic mass is 16.2. The summed E-state index contributed by atoms with van der Waals surface area (Å²) >= 11 is 0. The van der Waals surface area contributed by atoms with Crippen molar-refractivity contribution in [2.24, 2.45) is 47.3 Å². The second kappa shape index (κ2) is 5.75. The average molecular weight is 400 g/mol. The molecule has 0 unspecified atom stereocenters. The fraction of sp³-hybridized carbons (Fsp3) is 0.556. The number of aryl methyl sites for hydroxylation is 2. The number of carbonyl (C=O) groups is 2. The Kier molecular flexibility index (Phi) is 3.36. The van der Waals surface area contributed by atoms with Crippen LogP contribution < -0.4 is 4.90 Å². The molecule has 5 saturated carbocycles. The van der Waals surface area contributed by atoms with Gasteiger partial charge in [0.2, 0.25) is 11.8 Å². The van der Waals surface area contributed by atoms with Crippen LogP contribution >= 0.6 is 0 Å². The lowest BCUT2D eigenvalue weighted by Crippen LogP contribution is -2.41. The molecule has 3 nitrogen and oxygen atoms in total. The summed E-state index contributed by atoms with van der Waals surface area (Å²) in [5, 5.41) is 0. The lowest BCUT2D eigenvalue weighted by atomic mass is 9.53. The Bertz CT molecular complexity index is 978. The fourth-order valence-corrected chi connectivity index (χ4v) is 8.65. The van der Waals surface area contributed by atoms with Gasteiger partial charge in [-0.15, -0.1) is 0 Å². The van der Waals surface area contributed by atoms with Gasteiger partial charge in [-0.1, -0.05) is 29.4 Å². The highest BCUT2D eigenvalue weighted by molar-refractivity contribution is 6.23. The van der Waals surface area contributed by atoms with E-state index in [0.29, 0.717) is 0 Å². The third-order valence-corrected chi connectivity index (χ3v) is 9.23.